The van der Waals surface area contributed by atoms with E-state index in [1.54, 1.807) is 27.2 Å². The van der Waals surface area contributed by atoms with Gasteiger partial charge in [-0.15, -0.1) is 22.7 Å². The molecule has 0 bridgehead atoms. The summed E-state index contributed by atoms with van der Waals surface area (Å²) in [6, 6.07) is 0. The number of aryl methyl sites for hydroxylation is 4. The second kappa shape index (κ2) is 8.28. The van der Waals surface area contributed by atoms with Gasteiger partial charge in [-0.2, -0.15) is 0 Å². The van der Waals surface area contributed by atoms with E-state index in [0.29, 0.717) is 28.7 Å². The van der Waals surface area contributed by atoms with E-state index in [1.165, 1.54) is 11.8 Å². The van der Waals surface area contributed by atoms with Gasteiger partial charge < -0.3 is 4.98 Å². The molecular formula is C21H24N4O2S3. The van der Waals surface area contributed by atoms with E-state index in [9.17, 15) is 9.59 Å². The van der Waals surface area contributed by atoms with Crippen molar-refractivity contribution in [3.8, 4) is 0 Å². The summed E-state index contributed by atoms with van der Waals surface area (Å²) >= 11 is 4.56. The molecule has 30 heavy (non-hydrogen) atoms. The van der Waals surface area contributed by atoms with Crippen molar-refractivity contribution >= 4 is 54.9 Å². The van der Waals surface area contributed by atoms with Gasteiger partial charge in [0.05, 0.1) is 16.5 Å². The van der Waals surface area contributed by atoms with Gasteiger partial charge in [0.1, 0.15) is 15.5 Å². The number of aromatic nitrogens is 4. The third kappa shape index (κ3) is 3.63. The van der Waals surface area contributed by atoms with Crippen LogP contribution >= 0.6 is 34.4 Å². The highest BCUT2D eigenvalue weighted by atomic mass is 32.2. The quantitative estimate of drug-likeness (QED) is 0.320. The number of unbranched alkanes of at least 4 members (excludes halogenated alkanes) is 1. The summed E-state index contributed by atoms with van der Waals surface area (Å²) in [5.41, 5.74) is 1.94. The van der Waals surface area contributed by atoms with Crippen molar-refractivity contribution in [3.63, 3.8) is 0 Å². The maximum Gasteiger partial charge on any atom is 0.263 e. The predicted octanol–water partition coefficient (Wildman–Crippen LogP) is 5.08. The lowest BCUT2D eigenvalue weighted by Crippen LogP contribution is -2.23. The molecule has 0 radical (unpaired) electrons. The fourth-order valence-electron chi connectivity index (χ4n) is 3.43. The molecule has 0 aliphatic heterocycles. The molecule has 4 aromatic heterocycles. The molecule has 0 aliphatic carbocycles. The minimum Gasteiger partial charge on any atom is -0.309 e. The van der Waals surface area contributed by atoms with E-state index in [2.05, 4.69) is 16.9 Å². The Hall–Kier alpha value is -1.97. The monoisotopic (exact) mass is 460 g/mol. The first-order valence-electron chi connectivity index (χ1n) is 9.94. The van der Waals surface area contributed by atoms with Gasteiger partial charge in [0, 0.05) is 16.3 Å². The number of nitrogens with zero attached hydrogens (tertiary/aromatic N) is 3. The number of H-pyrrole nitrogens is 1. The van der Waals surface area contributed by atoms with Gasteiger partial charge >= 0.3 is 0 Å². The molecule has 4 rings (SSSR count). The molecular weight excluding hydrogens is 436 g/mol. The standard InChI is InChI=1S/C21H24N4O2S3/c1-6-7-8-25-20(27)16-11(3)13(5)30-19(16)24-21(25)28-9-14-22-17(26)15-10(2)12(4)29-18(15)23-14/h6-9H2,1-5H3,(H,22,23,26). The van der Waals surface area contributed by atoms with Crippen molar-refractivity contribution in [2.24, 2.45) is 0 Å². The molecule has 4 heterocycles. The Morgan fingerprint density at radius 1 is 0.967 bits per heavy atom. The number of rotatable bonds is 6. The molecule has 9 heteroatoms. The van der Waals surface area contributed by atoms with Gasteiger partial charge in [-0.1, -0.05) is 25.1 Å². The highest BCUT2D eigenvalue weighted by Gasteiger charge is 2.18. The number of thiophene rings is 2. The van der Waals surface area contributed by atoms with E-state index >= 15 is 0 Å². The van der Waals surface area contributed by atoms with Crippen LogP contribution in [-0.4, -0.2) is 19.5 Å². The first kappa shape index (κ1) is 21.3. The fourth-order valence-corrected chi connectivity index (χ4v) is 6.45. The molecule has 0 saturated heterocycles. The van der Waals surface area contributed by atoms with E-state index in [4.69, 9.17) is 4.98 Å². The number of aromatic amines is 1. The van der Waals surface area contributed by atoms with E-state index < -0.39 is 0 Å². The lowest BCUT2D eigenvalue weighted by Gasteiger charge is -2.11. The molecule has 0 saturated carbocycles. The van der Waals surface area contributed by atoms with Gasteiger partial charge in [0.2, 0.25) is 0 Å². The summed E-state index contributed by atoms with van der Waals surface area (Å²) in [5, 5.41) is 2.09. The van der Waals surface area contributed by atoms with Crippen LogP contribution in [0.5, 0.6) is 0 Å². The third-order valence-corrected chi connectivity index (χ3v) is 8.61. The molecule has 4 aromatic rings. The van der Waals surface area contributed by atoms with Crippen molar-refractivity contribution in [2.75, 3.05) is 0 Å². The maximum atomic E-state index is 13.2. The number of hydrogen-bond donors (Lipinski definition) is 1. The zero-order chi connectivity index (χ0) is 21.6. The minimum atomic E-state index is -0.103. The van der Waals surface area contributed by atoms with E-state index in [-0.39, 0.29) is 11.1 Å². The van der Waals surface area contributed by atoms with Crippen LogP contribution < -0.4 is 11.1 Å². The van der Waals surface area contributed by atoms with Crippen LogP contribution in [0.25, 0.3) is 20.4 Å². The van der Waals surface area contributed by atoms with Crippen LogP contribution in [0.2, 0.25) is 0 Å². The lowest BCUT2D eigenvalue weighted by molar-refractivity contribution is 0.558. The van der Waals surface area contributed by atoms with Gasteiger partial charge in [-0.05, 0) is 45.2 Å². The molecule has 0 aliphatic rings. The molecule has 0 spiro atoms. The van der Waals surface area contributed by atoms with Gasteiger partial charge in [-0.25, -0.2) is 9.97 Å². The average Bonchev–Trinajstić information content (AvgIpc) is 3.15. The number of hydrogen-bond acceptors (Lipinski definition) is 7. The summed E-state index contributed by atoms with van der Waals surface area (Å²) < 4.78 is 1.78. The highest BCUT2D eigenvalue weighted by Crippen LogP contribution is 2.30. The second-order valence-corrected chi connectivity index (χ2v) is 10.8. The summed E-state index contributed by atoms with van der Waals surface area (Å²) in [4.78, 5) is 41.9. The van der Waals surface area contributed by atoms with Crippen LogP contribution in [0, 0.1) is 27.7 Å². The lowest BCUT2D eigenvalue weighted by atomic mass is 10.2. The molecule has 0 unspecified atom stereocenters. The van der Waals surface area contributed by atoms with Gasteiger partial charge in [-0.3, -0.25) is 14.2 Å². The normalized spacial score (nSPS) is 11.8. The van der Waals surface area contributed by atoms with Gasteiger partial charge in [0.25, 0.3) is 11.1 Å². The van der Waals surface area contributed by atoms with Gasteiger partial charge in [0.15, 0.2) is 5.16 Å². The number of nitrogens with one attached hydrogen (secondary N) is 1. The Labute approximate surface area is 186 Å². The van der Waals surface area contributed by atoms with Crippen molar-refractivity contribution < 1.29 is 0 Å². The molecule has 1 N–H and O–H groups in total. The largest absolute Gasteiger partial charge is 0.309 e. The maximum absolute atomic E-state index is 13.2. The highest BCUT2D eigenvalue weighted by molar-refractivity contribution is 7.98. The Kier molecular flexibility index (Phi) is 5.87. The minimum absolute atomic E-state index is 0.0270. The van der Waals surface area contributed by atoms with E-state index in [1.807, 2.05) is 27.7 Å². The fraction of sp³-hybridized carbons (Fsp3) is 0.429. The van der Waals surface area contributed by atoms with Crippen molar-refractivity contribution in [3.05, 3.63) is 47.4 Å². The zero-order valence-electron chi connectivity index (χ0n) is 17.7. The molecule has 0 fully saturated rings. The number of fused-ring (bicyclic) bond motifs is 2. The summed E-state index contributed by atoms with van der Waals surface area (Å²) in [5.74, 6) is 1.06. The Balaban J connectivity index is 1.74. The topological polar surface area (TPSA) is 80.6 Å². The molecule has 0 atom stereocenters. The number of thioether (sulfide) groups is 1. The SMILES string of the molecule is CCCCn1c(SCc2nc3sc(C)c(C)c3c(=O)[nH]2)nc2sc(C)c(C)c2c1=O. The van der Waals surface area contributed by atoms with Crippen LogP contribution in [0.3, 0.4) is 0 Å². The van der Waals surface area contributed by atoms with Crippen molar-refractivity contribution in [2.45, 2.75) is 64.9 Å². The average molecular weight is 461 g/mol. The summed E-state index contributed by atoms with van der Waals surface area (Å²) in [6.45, 7) is 10.7. The molecule has 6 nitrogen and oxygen atoms in total. The Morgan fingerprint density at radius 3 is 2.27 bits per heavy atom. The first-order valence-corrected chi connectivity index (χ1v) is 12.6. The third-order valence-electron chi connectivity index (χ3n) is 5.42. The molecule has 0 amide bonds. The van der Waals surface area contributed by atoms with E-state index in [0.717, 1.165) is 48.8 Å². The predicted molar refractivity (Wildman–Crippen MR) is 128 cm³/mol. The second-order valence-electron chi connectivity index (χ2n) is 7.43. The molecule has 0 aromatic carbocycles. The summed E-state index contributed by atoms with van der Waals surface area (Å²) in [7, 11) is 0. The zero-order valence-corrected chi connectivity index (χ0v) is 20.2. The molecule has 158 valence electrons. The van der Waals surface area contributed by atoms with Crippen molar-refractivity contribution in [1.29, 1.82) is 0 Å². The Morgan fingerprint density at radius 2 is 1.60 bits per heavy atom. The van der Waals surface area contributed by atoms with Crippen LogP contribution in [0.15, 0.2) is 14.7 Å². The van der Waals surface area contributed by atoms with Crippen LogP contribution in [0.1, 0.15) is 46.5 Å². The van der Waals surface area contributed by atoms with Crippen LogP contribution in [-0.2, 0) is 12.3 Å². The summed E-state index contributed by atoms with van der Waals surface area (Å²) in [6.07, 6.45) is 1.91. The Bertz CT molecular complexity index is 1380. The first-order chi connectivity index (χ1) is 14.3. The van der Waals surface area contributed by atoms with Crippen LogP contribution in [0.4, 0.5) is 0 Å². The smallest absolute Gasteiger partial charge is 0.263 e. The van der Waals surface area contributed by atoms with Crippen molar-refractivity contribution in [1.82, 2.24) is 19.5 Å².